The van der Waals surface area contributed by atoms with Crippen molar-refractivity contribution in [1.82, 2.24) is 9.55 Å². The molecule has 9 aromatic rings. The van der Waals surface area contributed by atoms with Crippen molar-refractivity contribution in [1.29, 1.82) is 0 Å². The van der Waals surface area contributed by atoms with Crippen molar-refractivity contribution in [3.63, 3.8) is 0 Å². The van der Waals surface area contributed by atoms with Crippen LogP contribution in [0.25, 0.3) is 106 Å². The van der Waals surface area contributed by atoms with Gasteiger partial charge in [0.15, 0.2) is 0 Å². The molecule has 0 spiro atoms. The molecule has 264 valence electrons. The van der Waals surface area contributed by atoms with Crippen molar-refractivity contribution < 1.29 is 0 Å². The van der Waals surface area contributed by atoms with E-state index in [1.165, 1.54) is 70.6 Å². The fraction of sp³-hybridized carbons (Fsp3) is 0.0556. The Morgan fingerprint density at radius 3 is 1.79 bits per heavy atom. The molecule has 0 fully saturated rings. The lowest BCUT2D eigenvalue weighted by Gasteiger charge is -2.19. The molecular formula is C54H38N2. The Kier molecular flexibility index (Phi) is 8.28. The summed E-state index contributed by atoms with van der Waals surface area (Å²) in [6.45, 7) is 2.09. The molecule has 2 heteroatoms. The molecule has 10 rings (SSSR count). The number of para-hydroxylation sites is 2. The maximum atomic E-state index is 5.49. The van der Waals surface area contributed by atoms with Crippen molar-refractivity contribution in [2.45, 2.75) is 19.8 Å². The maximum Gasteiger partial charge on any atom is 0.145 e. The standard InChI is InChI=1S/C54H38N2/c1-3-4-5-14-36(2)56-51-22-13-12-21-50(51)55-54(56)40-27-23-39(24-28-40)43-31-32-48-49(35-43)53(45-30-26-38-16-7-9-18-42(38)34-45)47-20-11-10-19-46(47)52(48)44-29-25-37-15-6-8-17-41(37)33-44/h1,4-9,12-35H,10-11H2,2H3/b5-4-,36-14+. The Balaban J connectivity index is 1.18. The molecule has 1 aliphatic carbocycles. The van der Waals surface area contributed by atoms with Crippen LogP contribution in [0.4, 0.5) is 0 Å². The summed E-state index contributed by atoms with van der Waals surface area (Å²) < 4.78 is 2.21. The Morgan fingerprint density at radius 2 is 1.12 bits per heavy atom. The van der Waals surface area contributed by atoms with Crippen LogP contribution >= 0.6 is 0 Å². The smallest absolute Gasteiger partial charge is 0.145 e. The molecule has 1 heterocycles. The molecular weight excluding hydrogens is 677 g/mol. The van der Waals surface area contributed by atoms with E-state index in [0.29, 0.717) is 0 Å². The topological polar surface area (TPSA) is 17.8 Å². The summed E-state index contributed by atoms with van der Waals surface area (Å²) in [5, 5.41) is 10.2. The molecule has 56 heavy (non-hydrogen) atoms. The number of hydrogen-bond donors (Lipinski definition) is 0. The first-order valence-electron chi connectivity index (χ1n) is 19.3. The van der Waals surface area contributed by atoms with Gasteiger partial charge in [-0.2, -0.15) is 0 Å². The summed E-state index contributed by atoms with van der Waals surface area (Å²) in [5.41, 5.74) is 11.5. The molecule has 0 bridgehead atoms. The Labute approximate surface area is 326 Å². The molecule has 8 aromatic carbocycles. The zero-order chi connectivity index (χ0) is 37.6. The third-order valence-corrected chi connectivity index (χ3v) is 11.2. The number of fused-ring (bicyclic) bond motifs is 5. The number of hydrogen-bond acceptors (Lipinski definition) is 1. The van der Waals surface area contributed by atoms with Gasteiger partial charge < -0.3 is 0 Å². The first kappa shape index (κ1) is 33.4. The normalized spacial score (nSPS) is 12.9. The van der Waals surface area contributed by atoms with Crippen molar-refractivity contribution in [2.75, 3.05) is 0 Å². The predicted molar refractivity (Wildman–Crippen MR) is 239 cm³/mol. The van der Waals surface area contributed by atoms with Crippen LogP contribution in [0.3, 0.4) is 0 Å². The SMILES string of the molecule is C#C/C=C\C=C(/C)n1c(-c2ccc(-c3ccc4c(-c5ccc6ccccc6c5)c5c(c(-c6ccc7ccccc7c6)c4c3)=CCCC=5)cc2)nc2ccccc21. The fourth-order valence-electron chi connectivity index (χ4n) is 8.61. The van der Waals surface area contributed by atoms with E-state index in [1.807, 2.05) is 18.2 Å². The van der Waals surface area contributed by atoms with E-state index >= 15 is 0 Å². The number of nitrogens with zero attached hydrogens (tertiary/aromatic N) is 2. The van der Waals surface area contributed by atoms with E-state index in [1.54, 1.807) is 6.08 Å². The summed E-state index contributed by atoms with van der Waals surface area (Å²) in [4.78, 5) is 5.09. The highest BCUT2D eigenvalue weighted by molar-refractivity contribution is 6.09. The minimum Gasteiger partial charge on any atom is -0.296 e. The largest absolute Gasteiger partial charge is 0.296 e. The minimum atomic E-state index is 0.899. The van der Waals surface area contributed by atoms with Gasteiger partial charge in [0.25, 0.3) is 0 Å². The molecule has 0 atom stereocenters. The van der Waals surface area contributed by atoms with Crippen LogP contribution in [0.2, 0.25) is 0 Å². The van der Waals surface area contributed by atoms with Crippen LogP contribution < -0.4 is 10.4 Å². The van der Waals surface area contributed by atoms with Crippen LogP contribution in [0.5, 0.6) is 0 Å². The van der Waals surface area contributed by atoms with Gasteiger partial charge in [0.05, 0.1) is 11.0 Å². The van der Waals surface area contributed by atoms with Gasteiger partial charge in [-0.3, -0.25) is 4.57 Å². The lowest BCUT2D eigenvalue weighted by atomic mass is 9.84. The second kappa shape index (κ2) is 13.9. The number of benzene rings is 8. The molecule has 2 nitrogen and oxygen atoms in total. The number of aromatic nitrogens is 2. The lowest BCUT2D eigenvalue weighted by Crippen LogP contribution is -2.31. The number of rotatable bonds is 6. The van der Waals surface area contributed by atoms with Crippen LogP contribution in [0, 0.1) is 12.3 Å². The first-order valence-corrected chi connectivity index (χ1v) is 19.3. The van der Waals surface area contributed by atoms with E-state index in [4.69, 9.17) is 11.4 Å². The highest BCUT2D eigenvalue weighted by atomic mass is 15.1. The summed E-state index contributed by atoms with van der Waals surface area (Å²) in [5.74, 6) is 3.48. The monoisotopic (exact) mass is 714 g/mol. The summed E-state index contributed by atoms with van der Waals surface area (Å²) in [7, 11) is 0. The second-order valence-corrected chi connectivity index (χ2v) is 14.6. The highest BCUT2D eigenvalue weighted by Gasteiger charge is 2.19. The fourth-order valence-corrected chi connectivity index (χ4v) is 8.61. The molecule has 0 N–H and O–H groups in total. The zero-order valence-corrected chi connectivity index (χ0v) is 31.2. The van der Waals surface area contributed by atoms with Gasteiger partial charge in [-0.25, -0.2) is 4.98 Å². The number of allylic oxidation sites excluding steroid dienone is 4. The van der Waals surface area contributed by atoms with Crippen molar-refractivity contribution in [2.24, 2.45) is 0 Å². The van der Waals surface area contributed by atoms with Gasteiger partial charge in [-0.1, -0.05) is 145 Å². The van der Waals surface area contributed by atoms with Gasteiger partial charge in [0.2, 0.25) is 0 Å². The van der Waals surface area contributed by atoms with Crippen molar-refractivity contribution >= 4 is 61.2 Å². The summed E-state index contributed by atoms with van der Waals surface area (Å²) >= 11 is 0. The average Bonchev–Trinajstić information content (AvgIpc) is 3.65. The van der Waals surface area contributed by atoms with E-state index in [0.717, 1.165) is 46.5 Å². The number of terminal acetylenes is 1. The van der Waals surface area contributed by atoms with Gasteiger partial charge in [-0.15, -0.1) is 6.42 Å². The van der Waals surface area contributed by atoms with Crippen molar-refractivity contribution in [3.8, 4) is 57.1 Å². The van der Waals surface area contributed by atoms with Gasteiger partial charge >= 0.3 is 0 Å². The molecule has 0 saturated carbocycles. The van der Waals surface area contributed by atoms with Gasteiger partial charge in [0, 0.05) is 11.3 Å². The molecule has 0 saturated heterocycles. The third-order valence-electron chi connectivity index (χ3n) is 11.2. The van der Waals surface area contributed by atoms with E-state index in [2.05, 4.69) is 175 Å². The van der Waals surface area contributed by atoms with Crippen LogP contribution in [0.15, 0.2) is 170 Å². The zero-order valence-electron chi connectivity index (χ0n) is 31.2. The molecule has 0 unspecified atom stereocenters. The Morgan fingerprint density at radius 1 is 0.571 bits per heavy atom. The molecule has 0 aliphatic heterocycles. The second-order valence-electron chi connectivity index (χ2n) is 14.6. The molecule has 1 aromatic heterocycles. The van der Waals surface area contributed by atoms with Crippen LogP contribution in [-0.4, -0.2) is 9.55 Å². The average molecular weight is 715 g/mol. The third kappa shape index (κ3) is 5.74. The molecule has 0 radical (unpaired) electrons. The van der Waals surface area contributed by atoms with Gasteiger partial charge in [0.1, 0.15) is 5.82 Å². The van der Waals surface area contributed by atoms with Crippen LogP contribution in [0.1, 0.15) is 19.8 Å². The van der Waals surface area contributed by atoms with Crippen LogP contribution in [-0.2, 0) is 0 Å². The highest BCUT2D eigenvalue weighted by Crippen LogP contribution is 2.37. The van der Waals surface area contributed by atoms with E-state index in [-0.39, 0.29) is 0 Å². The molecule has 1 aliphatic rings. The van der Waals surface area contributed by atoms with E-state index < -0.39 is 0 Å². The van der Waals surface area contributed by atoms with Crippen molar-refractivity contribution in [3.05, 3.63) is 180 Å². The summed E-state index contributed by atoms with van der Waals surface area (Å²) in [6.07, 6.45) is 18.1. The quantitative estimate of drug-likeness (QED) is 0.124. The number of imidazole rings is 1. The minimum absolute atomic E-state index is 0.899. The van der Waals surface area contributed by atoms with E-state index in [9.17, 15) is 0 Å². The maximum absolute atomic E-state index is 5.49. The molecule has 0 amide bonds. The lowest BCUT2D eigenvalue weighted by molar-refractivity contribution is 1.12. The summed E-state index contributed by atoms with van der Waals surface area (Å²) in [6, 6.07) is 55.4. The first-order chi connectivity index (χ1) is 27.6. The van der Waals surface area contributed by atoms with Gasteiger partial charge in [-0.05, 0) is 138 Å². The Bertz CT molecular complexity index is 3260. The Hall–Kier alpha value is -7.21. The predicted octanol–water partition coefficient (Wildman–Crippen LogP) is 12.6.